The van der Waals surface area contributed by atoms with Gasteiger partial charge in [-0.2, -0.15) is 0 Å². The molecule has 0 saturated heterocycles. The van der Waals surface area contributed by atoms with Crippen molar-refractivity contribution in [2.24, 2.45) is 0 Å². The molecule has 0 amide bonds. The molecule has 0 aliphatic heterocycles. The highest BCUT2D eigenvalue weighted by atomic mass is 79.9. The highest BCUT2D eigenvalue weighted by molar-refractivity contribution is 9.11. The van der Waals surface area contributed by atoms with Gasteiger partial charge >= 0.3 is 5.69 Å². The van der Waals surface area contributed by atoms with Crippen LogP contribution in [0.1, 0.15) is 9.75 Å². The lowest BCUT2D eigenvalue weighted by atomic mass is 10.2. The van der Waals surface area contributed by atoms with Gasteiger partial charge in [0.05, 0.1) is 16.7 Å². The van der Waals surface area contributed by atoms with E-state index in [0.29, 0.717) is 0 Å². The molecule has 0 radical (unpaired) electrons. The number of anilines is 1. The smallest absolute Gasteiger partial charge is 0.323 e. The zero-order chi connectivity index (χ0) is 14.3. The van der Waals surface area contributed by atoms with Gasteiger partial charge in [0.1, 0.15) is 0 Å². The standard InChI is InChI=1S/C13H11Br2N3OS/c1-6-8(14)2-7(20-6)5-16-10-4-12-11(3-9(10)15)17-13(19)18-12/h2-4,16H,5H2,1H3,(H2,17,18,19). The molecule has 3 rings (SSSR count). The molecule has 1 aromatic carbocycles. The summed E-state index contributed by atoms with van der Waals surface area (Å²) >= 11 is 8.80. The zero-order valence-corrected chi connectivity index (χ0v) is 14.5. The largest absolute Gasteiger partial charge is 0.379 e. The molecule has 2 aromatic heterocycles. The summed E-state index contributed by atoms with van der Waals surface area (Å²) in [5.41, 5.74) is 2.35. The monoisotopic (exact) mass is 415 g/mol. The predicted octanol–water partition coefficient (Wildman–Crippen LogP) is 4.36. The maximum absolute atomic E-state index is 11.3. The predicted molar refractivity (Wildman–Crippen MR) is 90.7 cm³/mol. The first kappa shape index (κ1) is 13.9. The summed E-state index contributed by atoms with van der Waals surface area (Å²) in [4.78, 5) is 19.3. The normalized spacial score (nSPS) is 11.2. The average Bonchev–Trinajstić information content (AvgIpc) is 2.89. The van der Waals surface area contributed by atoms with E-state index in [1.165, 1.54) is 9.75 Å². The number of aryl methyl sites for hydroxylation is 1. The van der Waals surface area contributed by atoms with Crippen LogP contribution in [0.2, 0.25) is 0 Å². The van der Waals surface area contributed by atoms with E-state index >= 15 is 0 Å². The molecule has 7 heteroatoms. The average molecular weight is 417 g/mol. The topological polar surface area (TPSA) is 60.7 Å². The van der Waals surface area contributed by atoms with Gasteiger partial charge in [0.2, 0.25) is 0 Å². The Morgan fingerprint density at radius 2 is 1.85 bits per heavy atom. The summed E-state index contributed by atoms with van der Waals surface area (Å²) in [6.07, 6.45) is 0. The Kier molecular flexibility index (Phi) is 3.74. The molecular formula is C13H11Br2N3OS. The second-order valence-corrected chi connectivity index (χ2v) is 7.48. The third-order valence-corrected chi connectivity index (χ3v) is 5.76. The van der Waals surface area contributed by atoms with Crippen LogP contribution in [0.3, 0.4) is 0 Å². The molecular weight excluding hydrogens is 406 g/mol. The zero-order valence-electron chi connectivity index (χ0n) is 10.5. The summed E-state index contributed by atoms with van der Waals surface area (Å²) in [7, 11) is 0. The van der Waals surface area contributed by atoms with Gasteiger partial charge < -0.3 is 15.3 Å². The number of H-pyrrole nitrogens is 2. The van der Waals surface area contributed by atoms with Crippen molar-refractivity contribution in [3.63, 3.8) is 0 Å². The van der Waals surface area contributed by atoms with Gasteiger partial charge in [-0.15, -0.1) is 11.3 Å². The number of thiophene rings is 1. The van der Waals surface area contributed by atoms with Crippen molar-refractivity contribution in [1.82, 2.24) is 9.97 Å². The molecule has 0 aliphatic carbocycles. The van der Waals surface area contributed by atoms with Crippen molar-refractivity contribution in [1.29, 1.82) is 0 Å². The van der Waals surface area contributed by atoms with Gasteiger partial charge in [0.15, 0.2) is 0 Å². The number of aromatic amines is 2. The Labute approximate surface area is 135 Å². The number of nitrogens with one attached hydrogen (secondary N) is 3. The SMILES string of the molecule is Cc1sc(CNc2cc3[nH]c(=O)[nH]c3cc2Br)cc1Br. The summed E-state index contributed by atoms with van der Waals surface area (Å²) < 4.78 is 2.07. The van der Waals surface area contributed by atoms with Crippen molar-refractivity contribution in [3.05, 3.63) is 47.4 Å². The molecule has 3 N–H and O–H groups in total. The minimum atomic E-state index is -0.193. The molecule has 104 valence electrons. The first-order valence-corrected chi connectivity index (χ1v) is 8.33. The summed E-state index contributed by atoms with van der Waals surface area (Å²) in [5.74, 6) is 0. The van der Waals surface area contributed by atoms with Crippen LogP contribution in [0, 0.1) is 6.92 Å². The number of imidazole rings is 1. The van der Waals surface area contributed by atoms with Crippen LogP contribution in [0.15, 0.2) is 31.9 Å². The Morgan fingerprint density at radius 3 is 2.50 bits per heavy atom. The number of halogens is 2. The molecule has 3 aromatic rings. The van der Waals surface area contributed by atoms with Crippen LogP contribution in [-0.4, -0.2) is 9.97 Å². The molecule has 20 heavy (non-hydrogen) atoms. The minimum Gasteiger partial charge on any atom is -0.379 e. The molecule has 0 bridgehead atoms. The lowest BCUT2D eigenvalue weighted by Crippen LogP contribution is -1.99. The third-order valence-electron chi connectivity index (χ3n) is 2.96. The fourth-order valence-corrected chi connectivity index (χ4v) is 4.00. The fourth-order valence-electron chi connectivity index (χ4n) is 1.98. The van der Waals surface area contributed by atoms with Crippen LogP contribution in [0.5, 0.6) is 0 Å². The van der Waals surface area contributed by atoms with Crippen LogP contribution in [0.4, 0.5) is 5.69 Å². The number of hydrogen-bond acceptors (Lipinski definition) is 3. The van der Waals surface area contributed by atoms with E-state index in [0.717, 1.165) is 32.2 Å². The van der Waals surface area contributed by atoms with Crippen molar-refractivity contribution >= 4 is 59.9 Å². The van der Waals surface area contributed by atoms with Crippen molar-refractivity contribution in [2.75, 3.05) is 5.32 Å². The second kappa shape index (κ2) is 5.38. The highest BCUT2D eigenvalue weighted by Gasteiger charge is 2.07. The first-order valence-electron chi connectivity index (χ1n) is 5.93. The van der Waals surface area contributed by atoms with Crippen LogP contribution in [-0.2, 0) is 6.54 Å². The minimum absolute atomic E-state index is 0.193. The van der Waals surface area contributed by atoms with Crippen LogP contribution >= 0.6 is 43.2 Å². The van der Waals surface area contributed by atoms with Crippen molar-refractivity contribution in [2.45, 2.75) is 13.5 Å². The van der Waals surface area contributed by atoms with Gasteiger partial charge in [-0.1, -0.05) is 0 Å². The number of hydrogen-bond donors (Lipinski definition) is 3. The number of rotatable bonds is 3. The van der Waals surface area contributed by atoms with Crippen molar-refractivity contribution in [3.8, 4) is 0 Å². The Morgan fingerprint density at radius 1 is 1.15 bits per heavy atom. The highest BCUT2D eigenvalue weighted by Crippen LogP contribution is 2.29. The second-order valence-electron chi connectivity index (χ2n) is 4.43. The first-order chi connectivity index (χ1) is 9.52. The maximum Gasteiger partial charge on any atom is 0.323 e. The van der Waals surface area contributed by atoms with Gasteiger partial charge in [0, 0.05) is 25.2 Å². The lowest BCUT2D eigenvalue weighted by molar-refractivity contribution is 1.19. The number of fused-ring (bicyclic) bond motifs is 1. The van der Waals surface area contributed by atoms with Crippen molar-refractivity contribution < 1.29 is 0 Å². The maximum atomic E-state index is 11.3. The molecule has 4 nitrogen and oxygen atoms in total. The van der Waals surface area contributed by atoms with E-state index < -0.39 is 0 Å². The van der Waals surface area contributed by atoms with E-state index in [2.05, 4.69) is 60.1 Å². The van der Waals surface area contributed by atoms with E-state index in [1.807, 2.05) is 12.1 Å². The summed E-state index contributed by atoms with van der Waals surface area (Å²) in [6.45, 7) is 2.83. The Bertz CT molecular complexity index is 814. The van der Waals surface area contributed by atoms with E-state index in [1.54, 1.807) is 11.3 Å². The van der Waals surface area contributed by atoms with E-state index in [-0.39, 0.29) is 5.69 Å². The molecule has 0 spiro atoms. The Hall–Kier alpha value is -1.05. The molecule has 0 saturated carbocycles. The third kappa shape index (κ3) is 2.70. The van der Waals surface area contributed by atoms with E-state index in [9.17, 15) is 4.79 Å². The summed E-state index contributed by atoms with van der Waals surface area (Å²) in [6, 6.07) is 5.94. The van der Waals surface area contributed by atoms with E-state index in [4.69, 9.17) is 0 Å². The number of benzene rings is 1. The van der Waals surface area contributed by atoms with Gasteiger partial charge in [-0.25, -0.2) is 4.79 Å². The van der Waals surface area contributed by atoms with Gasteiger partial charge in [-0.05, 0) is 57.0 Å². The molecule has 0 atom stereocenters. The molecule has 0 unspecified atom stereocenters. The molecule has 2 heterocycles. The lowest BCUT2D eigenvalue weighted by Gasteiger charge is -2.07. The Balaban J connectivity index is 1.86. The summed E-state index contributed by atoms with van der Waals surface area (Å²) in [5, 5.41) is 3.38. The quantitative estimate of drug-likeness (QED) is 0.593. The molecule has 0 aliphatic rings. The molecule has 0 fully saturated rings. The number of aromatic nitrogens is 2. The van der Waals surface area contributed by atoms with Crippen LogP contribution in [0.25, 0.3) is 11.0 Å². The fraction of sp³-hybridized carbons (Fsp3) is 0.154. The van der Waals surface area contributed by atoms with Gasteiger partial charge in [0.25, 0.3) is 0 Å². The van der Waals surface area contributed by atoms with Crippen LogP contribution < -0.4 is 11.0 Å². The van der Waals surface area contributed by atoms with Gasteiger partial charge in [-0.3, -0.25) is 0 Å².